The molecule has 0 saturated carbocycles. The smallest absolute Gasteiger partial charge is 0.328 e. The molecule has 0 spiro atoms. The number of benzene rings is 2. The Kier molecular flexibility index (Phi) is 5.56. The first-order valence-electron chi connectivity index (χ1n) is 8.05. The molecule has 2 atom stereocenters. The molecule has 1 heterocycles. The normalized spacial score (nSPS) is 19.3. The number of carbonyl (C=O) groups is 2. The number of nitrogens with zero attached hydrogens (tertiary/aromatic N) is 1. The largest absolute Gasteiger partial charge is 0.485 e. The molecule has 0 unspecified atom stereocenters. The zero-order valence-corrected chi connectivity index (χ0v) is 15.6. The Morgan fingerprint density at radius 1 is 1.15 bits per heavy atom. The minimum Gasteiger partial charge on any atom is -0.485 e. The van der Waals surface area contributed by atoms with Crippen molar-refractivity contribution in [3.8, 4) is 5.75 Å². The lowest BCUT2D eigenvalue weighted by molar-refractivity contribution is -0.145. The molecule has 0 aliphatic carbocycles. The average molecular weight is 422 g/mol. The van der Waals surface area contributed by atoms with Gasteiger partial charge in [0.05, 0.1) is 19.2 Å². The lowest BCUT2D eigenvalue weighted by Crippen LogP contribution is -2.41. The van der Waals surface area contributed by atoms with Crippen LogP contribution in [-0.2, 0) is 9.53 Å². The van der Waals surface area contributed by atoms with E-state index in [1.54, 1.807) is 36.4 Å². The maximum Gasteiger partial charge on any atom is 0.328 e. The summed E-state index contributed by atoms with van der Waals surface area (Å²) in [6.07, 6.45) is -0.278. The molecule has 0 aromatic heterocycles. The van der Waals surface area contributed by atoms with Gasteiger partial charge in [-0.3, -0.25) is 4.79 Å². The van der Waals surface area contributed by atoms with Crippen LogP contribution >= 0.6 is 15.9 Å². The lowest BCUT2D eigenvalue weighted by Gasteiger charge is -2.22. The number of ether oxygens (including phenoxy) is 2. The van der Waals surface area contributed by atoms with Crippen LogP contribution < -0.4 is 4.74 Å². The van der Waals surface area contributed by atoms with Crippen LogP contribution in [0.5, 0.6) is 5.75 Å². The second-order valence-corrected chi connectivity index (χ2v) is 6.74. The molecule has 2 aromatic rings. The van der Waals surface area contributed by atoms with Crippen LogP contribution in [0.3, 0.4) is 0 Å². The molecule has 0 bridgehead atoms. The van der Waals surface area contributed by atoms with Crippen LogP contribution in [0.25, 0.3) is 0 Å². The minimum atomic E-state index is -0.781. The zero-order chi connectivity index (χ0) is 18.7. The highest BCUT2D eigenvalue weighted by atomic mass is 79.9. The van der Waals surface area contributed by atoms with Crippen molar-refractivity contribution in [1.82, 2.24) is 4.90 Å². The number of esters is 1. The summed E-state index contributed by atoms with van der Waals surface area (Å²) in [6.45, 7) is 0.161. The van der Waals surface area contributed by atoms with E-state index in [0.717, 1.165) is 0 Å². The van der Waals surface area contributed by atoms with Crippen LogP contribution in [0, 0.1) is 5.82 Å². The van der Waals surface area contributed by atoms with Gasteiger partial charge in [0.1, 0.15) is 12.1 Å². The van der Waals surface area contributed by atoms with Gasteiger partial charge in [-0.05, 0) is 40.2 Å². The molecule has 26 heavy (non-hydrogen) atoms. The Hall–Kier alpha value is -2.41. The van der Waals surface area contributed by atoms with Crippen LogP contribution in [0.4, 0.5) is 4.39 Å². The van der Waals surface area contributed by atoms with Gasteiger partial charge < -0.3 is 14.4 Å². The van der Waals surface area contributed by atoms with Crippen molar-refractivity contribution in [2.45, 2.75) is 18.6 Å². The molecule has 5 nitrogen and oxygen atoms in total. The first-order chi connectivity index (χ1) is 12.5. The van der Waals surface area contributed by atoms with Gasteiger partial charge in [-0.15, -0.1) is 0 Å². The van der Waals surface area contributed by atoms with Crippen LogP contribution in [0.15, 0.2) is 53.0 Å². The van der Waals surface area contributed by atoms with Gasteiger partial charge in [-0.1, -0.05) is 24.3 Å². The van der Waals surface area contributed by atoms with E-state index in [-0.39, 0.29) is 24.6 Å². The predicted octanol–water partition coefficient (Wildman–Crippen LogP) is 3.42. The summed E-state index contributed by atoms with van der Waals surface area (Å²) in [5, 5.41) is 0. The van der Waals surface area contributed by atoms with Gasteiger partial charge in [0, 0.05) is 10.9 Å². The number of hydrogen-bond acceptors (Lipinski definition) is 4. The number of hydrogen-bond donors (Lipinski definition) is 0. The summed E-state index contributed by atoms with van der Waals surface area (Å²) < 4.78 is 25.0. The molecule has 0 N–H and O–H groups in total. The van der Waals surface area contributed by atoms with Crippen LogP contribution in [0.1, 0.15) is 16.8 Å². The van der Waals surface area contributed by atoms with Crippen molar-refractivity contribution < 1.29 is 23.5 Å². The van der Waals surface area contributed by atoms with Gasteiger partial charge in [-0.25, -0.2) is 9.18 Å². The first-order valence-corrected chi connectivity index (χ1v) is 8.85. The zero-order valence-electron chi connectivity index (χ0n) is 14.0. The van der Waals surface area contributed by atoms with E-state index in [0.29, 0.717) is 10.0 Å². The molecule has 1 saturated heterocycles. The quantitative estimate of drug-likeness (QED) is 0.709. The monoisotopic (exact) mass is 421 g/mol. The maximum atomic E-state index is 13.8. The topological polar surface area (TPSA) is 55.8 Å². The van der Waals surface area contributed by atoms with Gasteiger partial charge in [-0.2, -0.15) is 0 Å². The van der Waals surface area contributed by atoms with E-state index in [4.69, 9.17) is 9.47 Å². The summed E-state index contributed by atoms with van der Waals surface area (Å²) >= 11 is 3.35. The number of methoxy groups -OCH3 is 1. The number of halogens is 2. The first kappa shape index (κ1) is 18.4. The molecule has 3 rings (SSSR count). The van der Waals surface area contributed by atoms with Crippen LogP contribution in [0.2, 0.25) is 0 Å². The van der Waals surface area contributed by atoms with Crippen molar-refractivity contribution in [2.24, 2.45) is 0 Å². The summed E-state index contributed by atoms with van der Waals surface area (Å²) in [4.78, 5) is 26.5. The molecular weight excluding hydrogens is 405 g/mol. The molecule has 1 aliphatic rings. The number of amides is 1. The number of para-hydroxylation sites is 1. The molecular formula is C19H17BrFNO4. The highest BCUT2D eigenvalue weighted by Gasteiger charge is 2.42. The Bertz CT molecular complexity index is 829. The Morgan fingerprint density at radius 3 is 2.54 bits per heavy atom. The third-order valence-corrected chi connectivity index (χ3v) is 4.92. The number of rotatable bonds is 4. The fourth-order valence-electron chi connectivity index (χ4n) is 2.98. The van der Waals surface area contributed by atoms with Crippen molar-refractivity contribution >= 4 is 27.8 Å². The molecule has 1 amide bonds. The molecule has 136 valence electrons. The number of carbonyl (C=O) groups excluding carboxylic acids is 2. The van der Waals surface area contributed by atoms with Gasteiger partial charge in [0.25, 0.3) is 5.91 Å². The average Bonchev–Trinajstić information content (AvgIpc) is 3.07. The molecule has 2 aromatic carbocycles. The van der Waals surface area contributed by atoms with Crippen molar-refractivity contribution in [1.29, 1.82) is 0 Å². The Labute approximate surface area is 158 Å². The van der Waals surface area contributed by atoms with Crippen molar-refractivity contribution in [3.63, 3.8) is 0 Å². The van der Waals surface area contributed by atoms with Crippen molar-refractivity contribution in [3.05, 3.63) is 64.4 Å². The highest BCUT2D eigenvalue weighted by molar-refractivity contribution is 9.10. The third kappa shape index (κ3) is 3.72. The predicted molar refractivity (Wildman–Crippen MR) is 96.4 cm³/mol. The third-order valence-electron chi connectivity index (χ3n) is 4.23. The molecule has 7 heteroatoms. The van der Waals surface area contributed by atoms with Gasteiger partial charge >= 0.3 is 5.97 Å². The van der Waals surface area contributed by atoms with E-state index in [1.807, 2.05) is 0 Å². The molecule has 1 fully saturated rings. The second-order valence-electron chi connectivity index (χ2n) is 5.88. The standard InChI is InChI=1S/C19H17BrFNO4/c1-25-19(24)16-10-12(26-17-9-5-4-8-15(17)21)11-22(16)18(23)13-6-2-3-7-14(13)20/h2-9,12,16H,10-11H2,1H3/t12-,16+/m1/s1. The van der Waals surface area contributed by atoms with Gasteiger partial charge in [0.15, 0.2) is 11.6 Å². The fourth-order valence-corrected chi connectivity index (χ4v) is 3.43. The van der Waals surface area contributed by atoms with E-state index >= 15 is 0 Å². The minimum absolute atomic E-state index is 0.0938. The summed E-state index contributed by atoms with van der Waals surface area (Å²) in [7, 11) is 1.27. The fraction of sp³-hybridized carbons (Fsp3) is 0.263. The summed E-state index contributed by atoms with van der Waals surface area (Å²) in [5.74, 6) is -1.23. The summed E-state index contributed by atoms with van der Waals surface area (Å²) in [6, 6.07) is 12.2. The van der Waals surface area contributed by atoms with E-state index in [1.165, 1.54) is 24.1 Å². The van der Waals surface area contributed by atoms with Gasteiger partial charge in [0.2, 0.25) is 0 Å². The maximum absolute atomic E-state index is 13.8. The Morgan fingerprint density at radius 2 is 1.85 bits per heavy atom. The Balaban J connectivity index is 1.83. The van der Waals surface area contributed by atoms with E-state index in [9.17, 15) is 14.0 Å². The number of likely N-dealkylation sites (tertiary alicyclic amines) is 1. The summed E-state index contributed by atoms with van der Waals surface area (Å²) in [5.41, 5.74) is 0.438. The SMILES string of the molecule is COC(=O)[C@@H]1C[C@@H](Oc2ccccc2F)CN1C(=O)c1ccccc1Br. The van der Waals surface area contributed by atoms with Crippen LogP contribution in [-0.4, -0.2) is 42.6 Å². The second kappa shape index (κ2) is 7.86. The lowest BCUT2D eigenvalue weighted by atomic mass is 10.1. The highest BCUT2D eigenvalue weighted by Crippen LogP contribution is 2.28. The molecule has 0 radical (unpaired) electrons. The van der Waals surface area contributed by atoms with Crippen molar-refractivity contribution in [2.75, 3.05) is 13.7 Å². The molecule has 1 aliphatic heterocycles. The van der Waals surface area contributed by atoms with E-state index < -0.39 is 23.9 Å². The van der Waals surface area contributed by atoms with E-state index in [2.05, 4.69) is 15.9 Å².